The van der Waals surface area contributed by atoms with Crippen LogP contribution in [-0.4, -0.2) is 16.2 Å². The molecule has 0 aliphatic carbocycles. The lowest BCUT2D eigenvalue weighted by molar-refractivity contribution is 0.667. The van der Waals surface area contributed by atoms with E-state index in [4.69, 9.17) is 18.8 Å². The van der Waals surface area contributed by atoms with Crippen molar-refractivity contribution in [2.75, 3.05) is 0 Å². The highest BCUT2D eigenvalue weighted by molar-refractivity contribution is 6.23. The predicted octanol–water partition coefficient (Wildman–Crippen LogP) is 13.4. The highest BCUT2D eigenvalue weighted by Crippen LogP contribution is 2.41. The van der Waals surface area contributed by atoms with Crippen LogP contribution in [0.15, 0.2) is 201 Å². The molecular weight excluding hydrogens is 725 g/mol. The van der Waals surface area contributed by atoms with Gasteiger partial charge in [0.15, 0.2) is 5.84 Å². The molecule has 59 heavy (non-hydrogen) atoms. The second-order valence-electron chi connectivity index (χ2n) is 15.4. The van der Waals surface area contributed by atoms with Crippen LogP contribution in [0.4, 0.5) is 0 Å². The Morgan fingerprint density at radius 1 is 0.458 bits per heavy atom. The van der Waals surface area contributed by atoms with Gasteiger partial charge in [0.1, 0.15) is 34.3 Å². The number of para-hydroxylation sites is 2. The number of hydrogen-bond acceptors (Lipinski definition) is 5. The van der Waals surface area contributed by atoms with E-state index in [2.05, 4.69) is 155 Å². The van der Waals surface area contributed by atoms with Gasteiger partial charge in [-0.2, -0.15) is 0 Å². The maximum absolute atomic E-state index is 6.75. The van der Waals surface area contributed by atoms with Gasteiger partial charge in [-0.15, -0.1) is 0 Å². The summed E-state index contributed by atoms with van der Waals surface area (Å²) < 4.78 is 15.5. The monoisotopic (exact) mass is 756 g/mol. The largest absolute Gasteiger partial charge is 0.456 e. The molecule has 276 valence electrons. The summed E-state index contributed by atoms with van der Waals surface area (Å²) in [5.41, 5.74) is 9.32. The molecule has 0 radical (unpaired) electrons. The number of nitrogens with one attached hydrogen (secondary N) is 1. The average Bonchev–Trinajstić information content (AvgIpc) is 3.96. The van der Waals surface area contributed by atoms with E-state index in [0.717, 1.165) is 77.3 Å². The topological polar surface area (TPSA) is 68.0 Å². The second kappa shape index (κ2) is 12.3. The molecule has 0 amide bonds. The van der Waals surface area contributed by atoms with Crippen molar-refractivity contribution in [3.8, 4) is 5.69 Å². The smallest absolute Gasteiger partial charge is 0.159 e. The van der Waals surface area contributed by atoms with Crippen molar-refractivity contribution in [1.29, 1.82) is 0 Å². The van der Waals surface area contributed by atoms with Gasteiger partial charge in [0.25, 0.3) is 0 Å². The molecule has 1 atom stereocenters. The first kappa shape index (κ1) is 32.2. The van der Waals surface area contributed by atoms with E-state index < -0.39 is 6.17 Å². The first-order valence-electron chi connectivity index (χ1n) is 19.9. The third-order valence-corrected chi connectivity index (χ3v) is 12.0. The van der Waals surface area contributed by atoms with Crippen LogP contribution in [0.1, 0.15) is 22.9 Å². The van der Waals surface area contributed by atoms with Crippen LogP contribution >= 0.6 is 0 Å². The van der Waals surface area contributed by atoms with E-state index in [1.807, 2.05) is 36.4 Å². The van der Waals surface area contributed by atoms with Crippen LogP contribution in [0.25, 0.3) is 92.9 Å². The summed E-state index contributed by atoms with van der Waals surface area (Å²) in [6.07, 6.45) is -0.395. The van der Waals surface area contributed by atoms with Crippen LogP contribution in [0.2, 0.25) is 0 Å². The molecule has 0 spiro atoms. The van der Waals surface area contributed by atoms with Crippen LogP contribution in [0, 0.1) is 0 Å². The van der Waals surface area contributed by atoms with E-state index >= 15 is 0 Å². The minimum Gasteiger partial charge on any atom is -0.456 e. The molecule has 0 fully saturated rings. The third kappa shape index (κ3) is 4.93. The lowest BCUT2D eigenvalue weighted by Crippen LogP contribution is -2.33. The maximum atomic E-state index is 6.75. The highest BCUT2D eigenvalue weighted by Gasteiger charge is 2.26. The van der Waals surface area contributed by atoms with Crippen molar-refractivity contribution in [1.82, 2.24) is 9.88 Å². The van der Waals surface area contributed by atoms with Gasteiger partial charge in [-0.05, 0) is 81.7 Å². The first-order chi connectivity index (χ1) is 29.2. The van der Waals surface area contributed by atoms with Gasteiger partial charge in [-0.1, -0.05) is 121 Å². The van der Waals surface area contributed by atoms with Gasteiger partial charge >= 0.3 is 0 Å². The molecule has 1 aliphatic rings. The minimum absolute atomic E-state index is 0.395. The van der Waals surface area contributed by atoms with Gasteiger partial charge in [0.05, 0.1) is 16.7 Å². The molecule has 6 heteroatoms. The number of aromatic nitrogens is 1. The number of furan rings is 2. The van der Waals surface area contributed by atoms with Crippen molar-refractivity contribution in [2.45, 2.75) is 6.17 Å². The zero-order valence-electron chi connectivity index (χ0n) is 31.6. The molecule has 13 rings (SSSR count). The standard InChI is InChI=1S/C53H32N4O2/c1-2-12-31(13-3-1)51-54-52(36-22-23-39-38-18-8-10-20-46(38)58-48(39)28-36)56-53(55-51)43-29-37(30-49-50(43)40-19-9-11-21-47(40)59-49)57-44-26-34-16-6-4-14-32(34)24-41(44)42-25-33-15-5-7-17-35(33)27-45(42)57/h1-30,51H,(H,54,55,56). The summed E-state index contributed by atoms with van der Waals surface area (Å²) in [7, 11) is 0. The van der Waals surface area contributed by atoms with E-state index in [0.29, 0.717) is 11.7 Å². The summed E-state index contributed by atoms with van der Waals surface area (Å²) in [6.45, 7) is 0. The molecule has 1 N–H and O–H groups in total. The Bertz CT molecular complexity index is 3680. The molecule has 9 aromatic carbocycles. The van der Waals surface area contributed by atoms with E-state index in [9.17, 15) is 0 Å². The third-order valence-electron chi connectivity index (χ3n) is 12.0. The van der Waals surface area contributed by atoms with Crippen molar-refractivity contribution >= 4 is 98.9 Å². The average molecular weight is 757 g/mol. The maximum Gasteiger partial charge on any atom is 0.159 e. The highest BCUT2D eigenvalue weighted by atomic mass is 16.3. The number of nitrogens with zero attached hydrogens (tertiary/aromatic N) is 3. The quantitative estimate of drug-likeness (QED) is 0.194. The van der Waals surface area contributed by atoms with E-state index in [-0.39, 0.29) is 0 Å². The fourth-order valence-electron chi connectivity index (χ4n) is 9.21. The van der Waals surface area contributed by atoms with Gasteiger partial charge in [0, 0.05) is 49.5 Å². The molecule has 0 saturated carbocycles. The molecule has 12 aromatic rings. The zero-order valence-corrected chi connectivity index (χ0v) is 31.6. The van der Waals surface area contributed by atoms with Crippen LogP contribution in [0.3, 0.4) is 0 Å². The van der Waals surface area contributed by atoms with Gasteiger partial charge < -0.3 is 18.7 Å². The molecule has 4 heterocycles. The fourth-order valence-corrected chi connectivity index (χ4v) is 9.21. The molecule has 0 bridgehead atoms. The Morgan fingerprint density at radius 3 is 1.75 bits per heavy atom. The van der Waals surface area contributed by atoms with E-state index in [1.54, 1.807) is 0 Å². The molecule has 1 aliphatic heterocycles. The van der Waals surface area contributed by atoms with Gasteiger partial charge in [-0.3, -0.25) is 0 Å². The molecule has 0 saturated heterocycles. The van der Waals surface area contributed by atoms with Crippen LogP contribution < -0.4 is 5.32 Å². The number of fused-ring (bicyclic) bond motifs is 11. The second-order valence-corrected chi connectivity index (χ2v) is 15.4. The number of rotatable bonds is 4. The molecule has 6 nitrogen and oxygen atoms in total. The van der Waals surface area contributed by atoms with Crippen molar-refractivity contribution < 1.29 is 8.83 Å². The fraction of sp³-hybridized carbons (Fsp3) is 0.0189. The predicted molar refractivity (Wildman–Crippen MR) is 242 cm³/mol. The Kier molecular flexibility index (Phi) is 6.69. The van der Waals surface area contributed by atoms with Gasteiger partial charge in [0.2, 0.25) is 0 Å². The molecule has 1 unspecified atom stereocenters. The number of hydrogen-bond donors (Lipinski definition) is 1. The van der Waals surface area contributed by atoms with Crippen molar-refractivity contribution in [3.63, 3.8) is 0 Å². The Balaban J connectivity index is 1.09. The van der Waals surface area contributed by atoms with Crippen molar-refractivity contribution in [3.05, 3.63) is 199 Å². The van der Waals surface area contributed by atoms with Crippen LogP contribution in [0.5, 0.6) is 0 Å². The Hall–Kier alpha value is -7.96. The SMILES string of the molecule is c1ccc(C2N=C(c3ccc4c(c3)oc3ccccc34)N=C(c3cc(-n4c5cc6ccccc6cc5c5cc6ccccc6cc54)cc4oc5ccccc5c34)N2)cc1. The summed E-state index contributed by atoms with van der Waals surface area (Å²) in [5.74, 6) is 1.33. The zero-order chi connectivity index (χ0) is 38.6. The lowest BCUT2D eigenvalue weighted by Gasteiger charge is -2.24. The van der Waals surface area contributed by atoms with Gasteiger partial charge in [-0.25, -0.2) is 9.98 Å². The Labute approximate surface area is 336 Å². The lowest BCUT2D eigenvalue weighted by atomic mass is 10.0. The number of amidine groups is 2. The minimum atomic E-state index is -0.395. The number of aliphatic imine (C=N–C) groups is 2. The van der Waals surface area contributed by atoms with Crippen LogP contribution in [-0.2, 0) is 0 Å². The normalized spacial score (nSPS) is 14.6. The molecule has 3 aromatic heterocycles. The number of benzene rings is 9. The summed E-state index contributed by atoms with van der Waals surface area (Å²) in [4.78, 5) is 10.6. The van der Waals surface area contributed by atoms with Crippen molar-refractivity contribution in [2.24, 2.45) is 9.98 Å². The summed E-state index contributed by atoms with van der Waals surface area (Å²) >= 11 is 0. The summed E-state index contributed by atoms with van der Waals surface area (Å²) in [6, 6.07) is 64.0. The molecular formula is C53H32N4O2. The first-order valence-corrected chi connectivity index (χ1v) is 19.9. The van der Waals surface area contributed by atoms with E-state index in [1.165, 1.54) is 32.3 Å². The Morgan fingerprint density at radius 2 is 1.03 bits per heavy atom. The summed E-state index contributed by atoms with van der Waals surface area (Å²) in [5, 5.41) is 15.1.